The predicted octanol–water partition coefficient (Wildman–Crippen LogP) is 0.308. The maximum Gasteiger partial charge on any atom is 0.251 e. The van der Waals surface area contributed by atoms with Crippen LogP contribution in [0.25, 0.3) is 0 Å². The fourth-order valence-electron chi connectivity index (χ4n) is 2.09. The molecule has 0 fully saturated rings. The average molecular weight is 278 g/mol. The van der Waals surface area contributed by atoms with Crippen LogP contribution in [0.15, 0.2) is 18.2 Å². The quantitative estimate of drug-likeness (QED) is 0.699. The highest BCUT2D eigenvalue weighted by molar-refractivity contribution is 6.02. The van der Waals surface area contributed by atoms with Crippen molar-refractivity contribution in [1.29, 1.82) is 0 Å². The number of aliphatic hydroxyl groups excluding tert-OH is 1. The van der Waals surface area contributed by atoms with Gasteiger partial charge in [-0.15, -0.1) is 0 Å². The summed E-state index contributed by atoms with van der Waals surface area (Å²) in [5.41, 5.74) is 2.09. The highest BCUT2D eigenvalue weighted by Gasteiger charge is 2.19. The third-order valence-corrected chi connectivity index (χ3v) is 3.12. The van der Waals surface area contributed by atoms with Crippen LogP contribution in [-0.2, 0) is 16.0 Å². The van der Waals surface area contributed by atoms with Gasteiger partial charge in [0, 0.05) is 24.9 Å². The van der Waals surface area contributed by atoms with E-state index in [1.54, 1.807) is 18.2 Å². The van der Waals surface area contributed by atoms with Gasteiger partial charge in [-0.2, -0.15) is 0 Å². The third kappa shape index (κ3) is 3.55. The largest absolute Gasteiger partial charge is 0.391 e. The summed E-state index contributed by atoms with van der Waals surface area (Å²) in [6.07, 6.45) is 0.210. The standard InChI is InChI=1S/C14H18N2O4/c1-20-8-11(17)4-5-15-14(19)10-3-2-9-7-13(18)16-12(9)6-10/h2-3,6,11,17H,4-5,7-8H2,1H3,(H,15,19)(H,16,18). The van der Waals surface area contributed by atoms with Crippen LogP contribution in [0.2, 0.25) is 0 Å². The number of amides is 2. The van der Waals surface area contributed by atoms with E-state index in [2.05, 4.69) is 10.6 Å². The summed E-state index contributed by atoms with van der Waals surface area (Å²) in [6.45, 7) is 0.619. The molecule has 2 amide bonds. The number of hydrogen-bond donors (Lipinski definition) is 3. The lowest BCUT2D eigenvalue weighted by Crippen LogP contribution is -2.28. The van der Waals surface area contributed by atoms with Gasteiger partial charge >= 0.3 is 0 Å². The average Bonchev–Trinajstić information content (AvgIpc) is 2.77. The van der Waals surface area contributed by atoms with Crippen molar-refractivity contribution < 1.29 is 19.4 Å². The van der Waals surface area contributed by atoms with Crippen LogP contribution in [0.1, 0.15) is 22.3 Å². The molecule has 1 atom stereocenters. The van der Waals surface area contributed by atoms with Gasteiger partial charge in [-0.1, -0.05) is 6.07 Å². The third-order valence-electron chi connectivity index (χ3n) is 3.12. The first-order valence-corrected chi connectivity index (χ1v) is 6.48. The number of rotatable bonds is 6. The van der Waals surface area contributed by atoms with Gasteiger partial charge in [-0.3, -0.25) is 9.59 Å². The van der Waals surface area contributed by atoms with E-state index in [9.17, 15) is 14.7 Å². The zero-order valence-electron chi connectivity index (χ0n) is 11.3. The first-order chi connectivity index (χ1) is 9.60. The van der Waals surface area contributed by atoms with Crippen molar-refractivity contribution in [2.75, 3.05) is 25.6 Å². The topological polar surface area (TPSA) is 87.7 Å². The lowest BCUT2D eigenvalue weighted by atomic mass is 10.1. The van der Waals surface area contributed by atoms with E-state index in [0.717, 1.165) is 5.56 Å². The molecule has 0 aromatic heterocycles. The highest BCUT2D eigenvalue weighted by atomic mass is 16.5. The Hall–Kier alpha value is -1.92. The minimum atomic E-state index is -0.584. The molecule has 20 heavy (non-hydrogen) atoms. The van der Waals surface area contributed by atoms with Crippen LogP contribution in [0, 0.1) is 0 Å². The number of ether oxygens (including phenoxy) is 1. The Morgan fingerprint density at radius 2 is 2.35 bits per heavy atom. The molecule has 0 radical (unpaired) electrons. The first kappa shape index (κ1) is 14.5. The van der Waals surface area contributed by atoms with Crippen molar-refractivity contribution >= 4 is 17.5 Å². The van der Waals surface area contributed by atoms with E-state index in [1.807, 2.05) is 0 Å². The summed E-state index contributed by atoms with van der Waals surface area (Å²) < 4.78 is 4.80. The Morgan fingerprint density at radius 3 is 3.10 bits per heavy atom. The van der Waals surface area contributed by atoms with E-state index < -0.39 is 6.10 Å². The van der Waals surface area contributed by atoms with Gasteiger partial charge in [0.05, 0.1) is 19.1 Å². The zero-order valence-corrected chi connectivity index (χ0v) is 11.3. The lowest BCUT2D eigenvalue weighted by Gasteiger charge is -2.10. The van der Waals surface area contributed by atoms with Crippen LogP contribution < -0.4 is 10.6 Å². The predicted molar refractivity (Wildman–Crippen MR) is 73.6 cm³/mol. The molecule has 108 valence electrons. The summed E-state index contributed by atoms with van der Waals surface area (Å²) in [5.74, 6) is -0.279. The number of methoxy groups -OCH3 is 1. The first-order valence-electron chi connectivity index (χ1n) is 6.48. The number of hydrogen-bond acceptors (Lipinski definition) is 4. The second-order valence-corrected chi connectivity index (χ2v) is 4.75. The minimum absolute atomic E-state index is 0.0553. The fraction of sp³-hybridized carbons (Fsp3) is 0.429. The number of anilines is 1. The molecule has 1 aliphatic heterocycles. The molecular weight excluding hydrogens is 260 g/mol. The second kappa shape index (κ2) is 6.49. The maximum atomic E-state index is 11.9. The van der Waals surface area contributed by atoms with Gasteiger partial charge in [-0.25, -0.2) is 0 Å². The number of nitrogens with one attached hydrogen (secondary N) is 2. The molecule has 0 bridgehead atoms. The molecule has 2 rings (SSSR count). The monoisotopic (exact) mass is 278 g/mol. The number of aliphatic hydroxyl groups is 1. The highest BCUT2D eigenvalue weighted by Crippen LogP contribution is 2.23. The van der Waals surface area contributed by atoms with E-state index in [-0.39, 0.29) is 18.4 Å². The summed E-state index contributed by atoms with van der Waals surface area (Å²) in [5, 5.41) is 14.9. The van der Waals surface area contributed by atoms with Crippen molar-refractivity contribution in [3.05, 3.63) is 29.3 Å². The van der Waals surface area contributed by atoms with Gasteiger partial charge in [0.2, 0.25) is 5.91 Å². The SMILES string of the molecule is COCC(O)CCNC(=O)c1ccc2c(c1)NC(=O)C2. The van der Waals surface area contributed by atoms with Gasteiger partial charge < -0.3 is 20.5 Å². The molecule has 1 unspecified atom stereocenters. The van der Waals surface area contributed by atoms with E-state index in [1.165, 1.54) is 7.11 Å². The normalized spacial score (nSPS) is 14.6. The van der Waals surface area contributed by atoms with Crippen molar-refractivity contribution in [1.82, 2.24) is 5.32 Å². The molecule has 3 N–H and O–H groups in total. The summed E-state index contributed by atoms with van der Waals surface area (Å²) in [7, 11) is 1.51. The van der Waals surface area contributed by atoms with Gasteiger partial charge in [0.25, 0.3) is 5.91 Å². The van der Waals surface area contributed by atoms with Crippen LogP contribution in [-0.4, -0.2) is 43.3 Å². The lowest BCUT2D eigenvalue weighted by molar-refractivity contribution is -0.115. The van der Waals surface area contributed by atoms with Gasteiger partial charge in [0.15, 0.2) is 0 Å². The van der Waals surface area contributed by atoms with E-state index in [4.69, 9.17) is 4.74 Å². The van der Waals surface area contributed by atoms with Crippen molar-refractivity contribution in [2.45, 2.75) is 18.9 Å². The second-order valence-electron chi connectivity index (χ2n) is 4.75. The van der Waals surface area contributed by atoms with Crippen molar-refractivity contribution in [2.24, 2.45) is 0 Å². The Balaban J connectivity index is 1.87. The Morgan fingerprint density at radius 1 is 1.55 bits per heavy atom. The molecule has 1 aromatic carbocycles. The van der Waals surface area contributed by atoms with Crippen molar-refractivity contribution in [3.8, 4) is 0 Å². The summed E-state index contributed by atoms with van der Waals surface area (Å²) >= 11 is 0. The number of fused-ring (bicyclic) bond motifs is 1. The molecule has 1 aromatic rings. The molecule has 6 nitrogen and oxygen atoms in total. The molecule has 0 saturated carbocycles. The molecule has 0 saturated heterocycles. The van der Waals surface area contributed by atoms with E-state index in [0.29, 0.717) is 30.6 Å². The van der Waals surface area contributed by atoms with E-state index >= 15 is 0 Å². The van der Waals surface area contributed by atoms with Gasteiger partial charge in [-0.05, 0) is 24.1 Å². The number of benzene rings is 1. The summed E-state index contributed by atoms with van der Waals surface area (Å²) in [4.78, 5) is 23.2. The maximum absolute atomic E-state index is 11.9. The molecule has 6 heteroatoms. The van der Waals surface area contributed by atoms with Gasteiger partial charge in [0.1, 0.15) is 0 Å². The molecule has 1 aliphatic rings. The number of carbonyl (C=O) groups excluding carboxylic acids is 2. The summed E-state index contributed by atoms with van der Waals surface area (Å²) in [6, 6.07) is 5.14. The van der Waals surface area contributed by atoms with Crippen LogP contribution >= 0.6 is 0 Å². The molecule has 0 spiro atoms. The van der Waals surface area contributed by atoms with Crippen LogP contribution in [0.3, 0.4) is 0 Å². The number of carbonyl (C=O) groups is 2. The minimum Gasteiger partial charge on any atom is -0.391 e. The van der Waals surface area contributed by atoms with Crippen LogP contribution in [0.4, 0.5) is 5.69 Å². The zero-order chi connectivity index (χ0) is 14.5. The fourth-order valence-corrected chi connectivity index (χ4v) is 2.09. The smallest absolute Gasteiger partial charge is 0.251 e. The molecular formula is C14H18N2O4. The Bertz CT molecular complexity index is 516. The molecule has 0 aliphatic carbocycles. The molecule has 1 heterocycles. The van der Waals surface area contributed by atoms with Crippen LogP contribution in [0.5, 0.6) is 0 Å². The Labute approximate surface area is 117 Å². The van der Waals surface area contributed by atoms with Crippen molar-refractivity contribution in [3.63, 3.8) is 0 Å². The Kier molecular flexibility index (Phi) is 4.70.